The first-order valence-corrected chi connectivity index (χ1v) is 8.13. The van der Waals surface area contributed by atoms with E-state index in [0.717, 1.165) is 43.9 Å². The predicted octanol–water partition coefficient (Wildman–Crippen LogP) is 2.93. The number of allylic oxidation sites excluding steroid dienone is 4. The van der Waals surface area contributed by atoms with Crippen LogP contribution in [-0.4, -0.2) is 47.7 Å². The highest BCUT2D eigenvalue weighted by atomic mass is 16.2. The maximum absolute atomic E-state index is 11.9. The molecule has 22 heavy (non-hydrogen) atoms. The van der Waals surface area contributed by atoms with Crippen LogP contribution < -0.4 is 0 Å². The lowest BCUT2D eigenvalue weighted by atomic mass is 10.1. The van der Waals surface area contributed by atoms with Crippen LogP contribution in [0.4, 0.5) is 0 Å². The molecule has 0 N–H and O–H groups in total. The first-order chi connectivity index (χ1) is 10.6. The standard InChI is InChI=1S/C18H28N2O2/c1-5-9-18(22)20-12-10-19(11-13-20)16(7-3)14-15(6-2)17(21)8-4/h6-7,14H,3,5,8-13H2,1-2,4H3/b15-6+,16-14+. The zero-order chi connectivity index (χ0) is 16.5. The molecule has 0 aromatic rings. The van der Waals surface area contributed by atoms with Gasteiger partial charge in [-0.1, -0.05) is 26.5 Å². The van der Waals surface area contributed by atoms with E-state index in [1.165, 1.54) is 0 Å². The second-order valence-corrected chi connectivity index (χ2v) is 5.41. The Kier molecular flexibility index (Phi) is 7.64. The minimum absolute atomic E-state index is 0.138. The van der Waals surface area contributed by atoms with Gasteiger partial charge >= 0.3 is 0 Å². The maximum atomic E-state index is 11.9. The molecular formula is C18H28N2O2. The predicted molar refractivity (Wildman–Crippen MR) is 90.4 cm³/mol. The number of rotatable bonds is 7. The Labute approximate surface area is 134 Å². The van der Waals surface area contributed by atoms with Gasteiger partial charge in [0.05, 0.1) is 0 Å². The smallest absolute Gasteiger partial charge is 0.222 e. The Morgan fingerprint density at radius 2 is 1.68 bits per heavy atom. The van der Waals surface area contributed by atoms with E-state index in [1.807, 2.05) is 37.8 Å². The molecule has 1 amide bonds. The average Bonchev–Trinajstić information content (AvgIpc) is 2.56. The van der Waals surface area contributed by atoms with Crippen molar-refractivity contribution < 1.29 is 9.59 Å². The number of amides is 1. The van der Waals surface area contributed by atoms with Crippen molar-refractivity contribution in [2.45, 2.75) is 40.0 Å². The van der Waals surface area contributed by atoms with Crippen LogP contribution in [0.5, 0.6) is 0 Å². The van der Waals surface area contributed by atoms with Gasteiger partial charge in [-0.15, -0.1) is 0 Å². The molecule has 0 aromatic heterocycles. The van der Waals surface area contributed by atoms with E-state index in [9.17, 15) is 9.59 Å². The molecule has 1 saturated heterocycles. The van der Waals surface area contributed by atoms with E-state index in [-0.39, 0.29) is 11.7 Å². The average molecular weight is 304 g/mol. The number of ketones is 1. The molecule has 122 valence electrons. The summed E-state index contributed by atoms with van der Waals surface area (Å²) < 4.78 is 0. The summed E-state index contributed by atoms with van der Waals surface area (Å²) in [5.74, 6) is 0.375. The van der Waals surface area contributed by atoms with Crippen LogP contribution in [0.15, 0.2) is 36.1 Å². The van der Waals surface area contributed by atoms with Crippen molar-refractivity contribution >= 4 is 11.7 Å². The van der Waals surface area contributed by atoms with E-state index in [2.05, 4.69) is 11.5 Å². The highest BCUT2D eigenvalue weighted by molar-refractivity contribution is 5.97. The Morgan fingerprint density at radius 3 is 2.14 bits per heavy atom. The number of hydrogen-bond donors (Lipinski definition) is 0. The van der Waals surface area contributed by atoms with Crippen LogP contribution in [0, 0.1) is 0 Å². The monoisotopic (exact) mass is 304 g/mol. The summed E-state index contributed by atoms with van der Waals surface area (Å²) in [6.45, 7) is 12.7. The number of piperazine rings is 1. The molecule has 0 bridgehead atoms. The SMILES string of the molecule is C=C/C(=C\C(=C/C)C(=O)CC)N1CCN(C(=O)CCC)CC1. The van der Waals surface area contributed by atoms with Gasteiger partial charge in [-0.2, -0.15) is 0 Å². The molecule has 0 radical (unpaired) electrons. The molecule has 4 nitrogen and oxygen atoms in total. The molecule has 1 fully saturated rings. The van der Waals surface area contributed by atoms with Gasteiger partial charge in [0, 0.05) is 50.3 Å². The molecule has 0 saturated carbocycles. The van der Waals surface area contributed by atoms with Gasteiger partial charge in [0.15, 0.2) is 5.78 Å². The van der Waals surface area contributed by atoms with Gasteiger partial charge in [0.2, 0.25) is 5.91 Å². The summed E-state index contributed by atoms with van der Waals surface area (Å²) in [6, 6.07) is 0. The molecule has 0 atom stereocenters. The van der Waals surface area contributed by atoms with E-state index in [4.69, 9.17) is 0 Å². The molecule has 1 aliphatic rings. The zero-order valence-electron chi connectivity index (χ0n) is 14.1. The van der Waals surface area contributed by atoms with Gasteiger partial charge in [-0.3, -0.25) is 9.59 Å². The number of Topliss-reactive ketones (excluding diaryl/α,β-unsaturated/α-hetero) is 1. The van der Waals surface area contributed by atoms with Crippen molar-refractivity contribution in [2.24, 2.45) is 0 Å². The van der Waals surface area contributed by atoms with Crippen LogP contribution in [0.1, 0.15) is 40.0 Å². The molecule has 1 heterocycles. The van der Waals surface area contributed by atoms with Crippen molar-refractivity contribution in [1.82, 2.24) is 9.80 Å². The topological polar surface area (TPSA) is 40.6 Å². The Balaban J connectivity index is 2.73. The molecule has 1 rings (SSSR count). The number of carbonyl (C=O) groups is 2. The number of carbonyl (C=O) groups excluding carboxylic acids is 2. The summed E-state index contributed by atoms with van der Waals surface area (Å²) in [7, 11) is 0. The number of nitrogens with zero attached hydrogens (tertiary/aromatic N) is 2. The summed E-state index contributed by atoms with van der Waals surface area (Å²) in [5, 5.41) is 0. The summed E-state index contributed by atoms with van der Waals surface area (Å²) in [5.41, 5.74) is 1.68. The highest BCUT2D eigenvalue weighted by Crippen LogP contribution is 2.15. The van der Waals surface area contributed by atoms with Crippen molar-refractivity contribution in [3.8, 4) is 0 Å². The van der Waals surface area contributed by atoms with Crippen molar-refractivity contribution in [3.05, 3.63) is 36.1 Å². The lowest BCUT2D eigenvalue weighted by molar-refractivity contribution is -0.132. The lowest BCUT2D eigenvalue weighted by Crippen LogP contribution is -2.48. The van der Waals surface area contributed by atoms with Crippen molar-refractivity contribution in [3.63, 3.8) is 0 Å². The van der Waals surface area contributed by atoms with Gasteiger partial charge in [-0.05, 0) is 25.5 Å². The molecular weight excluding hydrogens is 276 g/mol. The molecule has 4 heteroatoms. The molecule has 1 aliphatic heterocycles. The fourth-order valence-corrected chi connectivity index (χ4v) is 2.55. The second-order valence-electron chi connectivity index (χ2n) is 5.41. The highest BCUT2D eigenvalue weighted by Gasteiger charge is 2.21. The van der Waals surface area contributed by atoms with Gasteiger partial charge in [0.1, 0.15) is 0 Å². The second kappa shape index (κ2) is 9.23. The van der Waals surface area contributed by atoms with Gasteiger partial charge < -0.3 is 9.80 Å². The normalized spacial score (nSPS) is 16.7. The third kappa shape index (κ3) is 4.86. The minimum atomic E-state index is 0.138. The van der Waals surface area contributed by atoms with E-state index in [0.29, 0.717) is 12.8 Å². The molecule has 0 aliphatic carbocycles. The van der Waals surface area contributed by atoms with Crippen molar-refractivity contribution in [1.29, 1.82) is 0 Å². The van der Waals surface area contributed by atoms with E-state index < -0.39 is 0 Å². The van der Waals surface area contributed by atoms with Gasteiger partial charge in [0.25, 0.3) is 0 Å². The third-order valence-electron chi connectivity index (χ3n) is 3.93. The molecule has 0 aromatic carbocycles. The van der Waals surface area contributed by atoms with Crippen molar-refractivity contribution in [2.75, 3.05) is 26.2 Å². The zero-order valence-corrected chi connectivity index (χ0v) is 14.1. The fourth-order valence-electron chi connectivity index (χ4n) is 2.55. The first-order valence-electron chi connectivity index (χ1n) is 8.13. The van der Waals surface area contributed by atoms with Crippen LogP contribution in [0.25, 0.3) is 0 Å². The van der Waals surface area contributed by atoms with Gasteiger partial charge in [-0.25, -0.2) is 0 Å². The van der Waals surface area contributed by atoms with Crippen LogP contribution in [0.2, 0.25) is 0 Å². The maximum Gasteiger partial charge on any atom is 0.222 e. The third-order valence-corrected chi connectivity index (χ3v) is 3.93. The number of hydrogen-bond acceptors (Lipinski definition) is 3. The van der Waals surface area contributed by atoms with E-state index >= 15 is 0 Å². The minimum Gasteiger partial charge on any atom is -0.368 e. The van der Waals surface area contributed by atoms with E-state index in [1.54, 1.807) is 6.08 Å². The Hall–Kier alpha value is -1.84. The summed E-state index contributed by atoms with van der Waals surface area (Å²) in [4.78, 5) is 27.9. The Bertz CT molecular complexity index is 469. The molecule has 0 unspecified atom stereocenters. The fraction of sp³-hybridized carbons (Fsp3) is 0.556. The lowest BCUT2D eigenvalue weighted by Gasteiger charge is -2.36. The largest absolute Gasteiger partial charge is 0.368 e. The van der Waals surface area contributed by atoms with Crippen LogP contribution in [0.3, 0.4) is 0 Å². The molecule has 0 spiro atoms. The first kappa shape index (κ1) is 18.2. The summed E-state index contributed by atoms with van der Waals surface area (Å²) in [6.07, 6.45) is 7.55. The Morgan fingerprint density at radius 1 is 1.09 bits per heavy atom. The quantitative estimate of drug-likeness (QED) is 0.536. The summed E-state index contributed by atoms with van der Waals surface area (Å²) >= 11 is 0. The van der Waals surface area contributed by atoms with Crippen LogP contribution >= 0.6 is 0 Å². The van der Waals surface area contributed by atoms with Crippen LogP contribution in [-0.2, 0) is 9.59 Å².